The monoisotopic (exact) mass is 387 g/mol. The molecule has 7 nitrogen and oxygen atoms in total. The summed E-state index contributed by atoms with van der Waals surface area (Å²) in [6.45, 7) is 5.75. The van der Waals surface area contributed by atoms with Crippen LogP contribution >= 0.6 is 0 Å². The molecule has 0 spiro atoms. The maximum Gasteiger partial charge on any atom is 0.261 e. The molecule has 2 aromatic rings. The van der Waals surface area contributed by atoms with Gasteiger partial charge in [-0.3, -0.25) is 14.2 Å². The van der Waals surface area contributed by atoms with Crippen LogP contribution in [0, 0.1) is 0 Å². The molecule has 3 rings (SSSR count). The van der Waals surface area contributed by atoms with E-state index in [1.807, 2.05) is 13.8 Å². The molecular formula is C21H29N3O4. The number of hydrogen-bond donors (Lipinski definition) is 1. The van der Waals surface area contributed by atoms with Gasteiger partial charge in [0.05, 0.1) is 17.0 Å². The Hall–Kier alpha value is -2.41. The van der Waals surface area contributed by atoms with E-state index in [1.54, 1.807) is 22.8 Å². The maximum absolute atomic E-state index is 12.8. The van der Waals surface area contributed by atoms with Crippen LogP contribution in [0.3, 0.4) is 0 Å². The van der Waals surface area contributed by atoms with Crippen molar-refractivity contribution in [1.29, 1.82) is 0 Å². The zero-order valence-electron chi connectivity index (χ0n) is 16.7. The minimum Gasteiger partial charge on any atom is -0.484 e. The summed E-state index contributed by atoms with van der Waals surface area (Å²) in [5.41, 5.74) is 0.655. The number of benzene rings is 1. The van der Waals surface area contributed by atoms with Gasteiger partial charge in [-0.05, 0) is 51.3 Å². The number of nitrogens with one attached hydrogen (secondary N) is 1. The Morgan fingerprint density at radius 1 is 1.29 bits per heavy atom. The molecule has 0 radical (unpaired) electrons. The van der Waals surface area contributed by atoms with Crippen LogP contribution in [0.1, 0.15) is 45.4 Å². The molecule has 1 aromatic carbocycles. The molecule has 7 heteroatoms. The summed E-state index contributed by atoms with van der Waals surface area (Å²) in [5.74, 6) is 1.17. The van der Waals surface area contributed by atoms with Crippen molar-refractivity contribution < 1.29 is 14.3 Å². The minimum atomic E-state index is -0.193. The lowest BCUT2D eigenvalue weighted by Crippen LogP contribution is -2.30. The van der Waals surface area contributed by atoms with Crippen LogP contribution in [0.25, 0.3) is 10.9 Å². The molecule has 1 amide bonds. The largest absolute Gasteiger partial charge is 0.484 e. The van der Waals surface area contributed by atoms with Crippen LogP contribution in [0.4, 0.5) is 0 Å². The zero-order valence-corrected chi connectivity index (χ0v) is 16.7. The van der Waals surface area contributed by atoms with E-state index in [0.717, 1.165) is 37.9 Å². The van der Waals surface area contributed by atoms with Crippen LogP contribution in [-0.2, 0) is 22.5 Å². The summed E-state index contributed by atoms with van der Waals surface area (Å²) in [4.78, 5) is 29.4. The van der Waals surface area contributed by atoms with Crippen molar-refractivity contribution in [2.24, 2.45) is 0 Å². The van der Waals surface area contributed by atoms with Gasteiger partial charge < -0.3 is 14.8 Å². The molecule has 28 heavy (non-hydrogen) atoms. The zero-order chi connectivity index (χ0) is 19.9. The highest BCUT2D eigenvalue weighted by Crippen LogP contribution is 2.19. The van der Waals surface area contributed by atoms with E-state index < -0.39 is 0 Å². The van der Waals surface area contributed by atoms with Crippen molar-refractivity contribution in [2.45, 2.75) is 58.6 Å². The van der Waals surface area contributed by atoms with Crippen LogP contribution in [0.5, 0.6) is 5.75 Å². The summed E-state index contributed by atoms with van der Waals surface area (Å²) in [6, 6.07) is 5.23. The van der Waals surface area contributed by atoms with Crippen LogP contribution in [0.15, 0.2) is 23.0 Å². The third kappa shape index (κ3) is 5.32. The Balaban J connectivity index is 1.59. The topological polar surface area (TPSA) is 82.4 Å². The van der Waals surface area contributed by atoms with Gasteiger partial charge in [0.25, 0.3) is 11.5 Å². The number of hydrogen-bond acceptors (Lipinski definition) is 5. The molecule has 2 heterocycles. The van der Waals surface area contributed by atoms with Gasteiger partial charge in [-0.25, -0.2) is 4.98 Å². The molecule has 1 aliphatic rings. The van der Waals surface area contributed by atoms with E-state index in [2.05, 4.69) is 10.3 Å². The highest BCUT2D eigenvalue weighted by molar-refractivity contribution is 5.80. The predicted octanol–water partition coefficient (Wildman–Crippen LogP) is 2.43. The van der Waals surface area contributed by atoms with Crippen LogP contribution < -0.4 is 15.6 Å². The van der Waals surface area contributed by atoms with Gasteiger partial charge in [0.1, 0.15) is 11.6 Å². The normalized spacial score (nSPS) is 14.0. The van der Waals surface area contributed by atoms with Crippen molar-refractivity contribution in [1.82, 2.24) is 14.9 Å². The average molecular weight is 387 g/mol. The first-order chi connectivity index (χ1) is 13.5. The van der Waals surface area contributed by atoms with E-state index in [0.29, 0.717) is 36.3 Å². The third-order valence-corrected chi connectivity index (χ3v) is 4.75. The number of aryl methyl sites for hydroxylation is 1. The molecule has 1 aliphatic heterocycles. The van der Waals surface area contributed by atoms with Gasteiger partial charge in [0, 0.05) is 26.1 Å². The molecule has 0 aliphatic carbocycles. The van der Waals surface area contributed by atoms with Crippen molar-refractivity contribution in [3.8, 4) is 5.75 Å². The number of amides is 1. The second-order valence-corrected chi connectivity index (χ2v) is 7.39. The van der Waals surface area contributed by atoms with Crippen molar-refractivity contribution in [3.63, 3.8) is 0 Å². The Morgan fingerprint density at radius 2 is 2.14 bits per heavy atom. The summed E-state index contributed by atoms with van der Waals surface area (Å²) in [5, 5.41) is 3.34. The third-order valence-electron chi connectivity index (χ3n) is 4.75. The Labute approximate surface area is 165 Å². The number of ether oxygens (including phenoxy) is 2. The smallest absolute Gasteiger partial charge is 0.261 e. The lowest BCUT2D eigenvalue weighted by Gasteiger charge is -2.12. The molecule has 0 bridgehead atoms. The standard InChI is InChI=1S/C21H29N3O4/c1-15(2)27-12-6-10-22-20(25)14-28-16-8-9-18-17(13-16)21(26)24-11-5-3-4-7-19(24)23-18/h8-9,13,15H,3-7,10-12,14H2,1-2H3,(H,22,25). The summed E-state index contributed by atoms with van der Waals surface area (Å²) < 4.78 is 12.8. The molecule has 1 aromatic heterocycles. The number of nitrogens with zero attached hydrogens (tertiary/aromatic N) is 2. The fourth-order valence-electron chi connectivity index (χ4n) is 3.31. The molecule has 0 saturated heterocycles. The first-order valence-electron chi connectivity index (χ1n) is 10.1. The second-order valence-electron chi connectivity index (χ2n) is 7.39. The highest BCUT2D eigenvalue weighted by atomic mass is 16.5. The van der Waals surface area contributed by atoms with Crippen LogP contribution in [0.2, 0.25) is 0 Å². The van der Waals surface area contributed by atoms with E-state index in [1.165, 1.54) is 0 Å². The van der Waals surface area contributed by atoms with E-state index in [9.17, 15) is 9.59 Å². The molecule has 0 saturated carbocycles. The van der Waals surface area contributed by atoms with Crippen molar-refractivity contribution in [3.05, 3.63) is 34.4 Å². The van der Waals surface area contributed by atoms with E-state index in [-0.39, 0.29) is 24.2 Å². The number of carbonyl (C=O) groups excluding carboxylic acids is 1. The lowest BCUT2D eigenvalue weighted by molar-refractivity contribution is -0.123. The highest BCUT2D eigenvalue weighted by Gasteiger charge is 2.14. The molecule has 152 valence electrons. The van der Waals surface area contributed by atoms with Gasteiger partial charge in [0.15, 0.2) is 6.61 Å². The molecule has 0 unspecified atom stereocenters. The minimum absolute atomic E-state index is 0.0260. The summed E-state index contributed by atoms with van der Waals surface area (Å²) in [6.07, 6.45) is 4.97. The predicted molar refractivity (Wildman–Crippen MR) is 108 cm³/mol. The molecule has 1 N–H and O–H groups in total. The number of carbonyl (C=O) groups is 1. The fourth-order valence-corrected chi connectivity index (χ4v) is 3.31. The Kier molecular flexibility index (Phi) is 7.03. The van der Waals surface area contributed by atoms with E-state index >= 15 is 0 Å². The first kappa shape index (κ1) is 20.3. The quantitative estimate of drug-likeness (QED) is 0.704. The van der Waals surface area contributed by atoms with Gasteiger partial charge in [-0.15, -0.1) is 0 Å². The van der Waals surface area contributed by atoms with Gasteiger partial charge in [0.2, 0.25) is 0 Å². The molecular weight excluding hydrogens is 358 g/mol. The Morgan fingerprint density at radius 3 is 2.96 bits per heavy atom. The second kappa shape index (κ2) is 9.68. The number of rotatable bonds is 8. The van der Waals surface area contributed by atoms with Gasteiger partial charge in [-0.1, -0.05) is 6.42 Å². The summed E-state index contributed by atoms with van der Waals surface area (Å²) in [7, 11) is 0. The molecule has 0 fully saturated rings. The average Bonchev–Trinajstić information content (AvgIpc) is 2.92. The van der Waals surface area contributed by atoms with Crippen molar-refractivity contribution >= 4 is 16.8 Å². The first-order valence-corrected chi connectivity index (χ1v) is 10.1. The van der Waals surface area contributed by atoms with E-state index in [4.69, 9.17) is 9.47 Å². The SMILES string of the molecule is CC(C)OCCCNC(=O)COc1ccc2nc3n(c(=O)c2c1)CCCCC3. The van der Waals surface area contributed by atoms with Crippen LogP contribution in [-0.4, -0.2) is 41.3 Å². The number of aromatic nitrogens is 2. The van der Waals surface area contributed by atoms with Gasteiger partial charge >= 0.3 is 0 Å². The Bertz CT molecular complexity index is 876. The van der Waals surface area contributed by atoms with Crippen molar-refractivity contribution in [2.75, 3.05) is 19.8 Å². The number of fused-ring (bicyclic) bond motifs is 2. The summed E-state index contributed by atoms with van der Waals surface area (Å²) >= 11 is 0. The maximum atomic E-state index is 12.8. The van der Waals surface area contributed by atoms with Gasteiger partial charge in [-0.2, -0.15) is 0 Å². The fraction of sp³-hybridized carbons (Fsp3) is 0.571. The molecule has 0 atom stereocenters. The lowest BCUT2D eigenvalue weighted by atomic mass is 10.2.